The predicted molar refractivity (Wildman–Crippen MR) is 41.4 cm³/mol. The minimum absolute atomic E-state index is 0.786. The number of hydrogen-bond acceptors (Lipinski definition) is 2. The Morgan fingerprint density at radius 2 is 2.00 bits per heavy atom. The second-order valence-corrected chi connectivity index (χ2v) is 2.26. The zero-order valence-electron chi connectivity index (χ0n) is 6.93. The normalized spacial score (nSPS) is 10.2. The maximum absolute atomic E-state index is 4.98. The molecule has 0 atom stereocenters. The van der Waals surface area contributed by atoms with Crippen LogP contribution in [0.2, 0.25) is 0 Å². The van der Waals surface area contributed by atoms with Crippen LogP contribution in [0.3, 0.4) is 0 Å². The van der Waals surface area contributed by atoms with Crippen molar-refractivity contribution in [1.29, 1.82) is 0 Å². The van der Waals surface area contributed by atoms with Crippen molar-refractivity contribution in [3.63, 3.8) is 0 Å². The van der Waals surface area contributed by atoms with Gasteiger partial charge in [-0.15, -0.1) is 0 Å². The molecule has 2 heteroatoms. The summed E-state index contributed by atoms with van der Waals surface area (Å²) in [6.45, 7) is 4.36. The van der Waals surface area contributed by atoms with E-state index in [1.165, 1.54) is 26.1 Å². The van der Waals surface area contributed by atoms with Gasteiger partial charge in [0.05, 0.1) is 0 Å². The van der Waals surface area contributed by atoms with Crippen molar-refractivity contribution < 1.29 is 9.47 Å². The Morgan fingerprint density at radius 1 is 1.20 bits per heavy atom. The van der Waals surface area contributed by atoms with Gasteiger partial charge in [-0.1, -0.05) is 26.2 Å². The standard InChI is InChI=1S/C8H17O2/c1-3-4-5-6-7-10-8-9-2/h8H,3-7H2,1-2H3. The van der Waals surface area contributed by atoms with Gasteiger partial charge in [-0.25, -0.2) is 0 Å². The third-order valence-corrected chi connectivity index (χ3v) is 1.28. The molecule has 0 fully saturated rings. The average Bonchev–Trinajstić information content (AvgIpc) is 1.97. The van der Waals surface area contributed by atoms with E-state index in [9.17, 15) is 0 Å². The SMILES string of the molecule is CCCCCCO[CH]OC. The fourth-order valence-corrected chi connectivity index (χ4v) is 0.728. The lowest BCUT2D eigenvalue weighted by Crippen LogP contribution is -1.92. The Bertz CT molecular complexity index is 47.2. The summed E-state index contributed by atoms with van der Waals surface area (Å²) in [5, 5.41) is 0. The monoisotopic (exact) mass is 145 g/mol. The molecule has 0 aliphatic rings. The van der Waals surface area contributed by atoms with Crippen LogP contribution in [-0.4, -0.2) is 13.7 Å². The summed E-state index contributed by atoms with van der Waals surface area (Å²) in [6, 6.07) is 0. The number of hydrogen-bond donors (Lipinski definition) is 0. The molecule has 0 rings (SSSR count). The van der Waals surface area contributed by atoms with Crippen molar-refractivity contribution >= 4 is 0 Å². The van der Waals surface area contributed by atoms with Crippen LogP contribution in [0.4, 0.5) is 0 Å². The smallest absolute Gasteiger partial charge is 0.209 e. The first kappa shape index (κ1) is 9.92. The zero-order valence-corrected chi connectivity index (χ0v) is 6.93. The van der Waals surface area contributed by atoms with Gasteiger partial charge in [0.2, 0.25) is 6.79 Å². The Balaban J connectivity index is 2.65. The van der Waals surface area contributed by atoms with E-state index in [0.717, 1.165) is 13.0 Å². The van der Waals surface area contributed by atoms with E-state index in [4.69, 9.17) is 4.74 Å². The molecular weight excluding hydrogens is 128 g/mol. The minimum Gasteiger partial charge on any atom is -0.351 e. The maximum atomic E-state index is 4.98. The number of rotatable bonds is 7. The first-order valence-corrected chi connectivity index (χ1v) is 3.88. The van der Waals surface area contributed by atoms with Gasteiger partial charge in [0.15, 0.2) is 0 Å². The van der Waals surface area contributed by atoms with E-state index < -0.39 is 0 Å². The molecule has 0 bridgehead atoms. The van der Waals surface area contributed by atoms with Crippen LogP contribution in [-0.2, 0) is 9.47 Å². The molecule has 0 aromatic rings. The van der Waals surface area contributed by atoms with Crippen LogP contribution in [0.15, 0.2) is 0 Å². The van der Waals surface area contributed by atoms with Gasteiger partial charge < -0.3 is 9.47 Å². The Labute approximate surface area is 63.5 Å². The molecule has 0 aromatic heterocycles. The van der Waals surface area contributed by atoms with Crippen LogP contribution in [0.1, 0.15) is 32.6 Å². The molecule has 2 nitrogen and oxygen atoms in total. The summed E-state index contributed by atoms with van der Waals surface area (Å²) < 4.78 is 9.58. The van der Waals surface area contributed by atoms with Crippen molar-refractivity contribution in [1.82, 2.24) is 0 Å². The summed E-state index contributed by atoms with van der Waals surface area (Å²) >= 11 is 0. The highest BCUT2D eigenvalue weighted by Crippen LogP contribution is 1.99. The molecule has 0 unspecified atom stereocenters. The van der Waals surface area contributed by atoms with Crippen molar-refractivity contribution in [3.8, 4) is 0 Å². The van der Waals surface area contributed by atoms with E-state index in [2.05, 4.69) is 11.7 Å². The number of unbranched alkanes of at least 4 members (excludes halogenated alkanes) is 3. The molecule has 0 aromatic carbocycles. The highest BCUT2D eigenvalue weighted by Gasteiger charge is 1.87. The van der Waals surface area contributed by atoms with Crippen LogP contribution in [0.5, 0.6) is 0 Å². The molecule has 0 N–H and O–H groups in total. The fraction of sp³-hybridized carbons (Fsp3) is 0.875. The van der Waals surface area contributed by atoms with Gasteiger partial charge in [0.25, 0.3) is 0 Å². The lowest BCUT2D eigenvalue weighted by atomic mass is 10.2. The summed E-state index contributed by atoms with van der Waals surface area (Å²) in [7, 11) is 1.59. The van der Waals surface area contributed by atoms with Crippen molar-refractivity contribution in [2.24, 2.45) is 0 Å². The number of methoxy groups -OCH3 is 1. The Kier molecular flexibility index (Phi) is 8.85. The largest absolute Gasteiger partial charge is 0.351 e. The van der Waals surface area contributed by atoms with Gasteiger partial charge in [-0.05, 0) is 6.42 Å². The molecule has 0 aliphatic heterocycles. The molecule has 1 radical (unpaired) electrons. The molecule has 61 valence electrons. The van der Waals surface area contributed by atoms with E-state index in [1.807, 2.05) is 0 Å². The topological polar surface area (TPSA) is 18.5 Å². The van der Waals surface area contributed by atoms with Gasteiger partial charge in [-0.2, -0.15) is 0 Å². The van der Waals surface area contributed by atoms with E-state index in [-0.39, 0.29) is 0 Å². The second-order valence-electron chi connectivity index (χ2n) is 2.26. The van der Waals surface area contributed by atoms with Crippen molar-refractivity contribution in [2.45, 2.75) is 32.6 Å². The van der Waals surface area contributed by atoms with Crippen LogP contribution in [0, 0.1) is 6.79 Å². The van der Waals surface area contributed by atoms with E-state index >= 15 is 0 Å². The molecular formula is C8H17O2. The molecule has 0 aliphatic carbocycles. The Hall–Kier alpha value is -0.0800. The lowest BCUT2D eigenvalue weighted by molar-refractivity contribution is 0.0451. The maximum Gasteiger partial charge on any atom is 0.209 e. The van der Waals surface area contributed by atoms with Crippen LogP contribution < -0.4 is 0 Å². The van der Waals surface area contributed by atoms with Crippen LogP contribution in [0.25, 0.3) is 0 Å². The summed E-state index contributed by atoms with van der Waals surface area (Å²) in [4.78, 5) is 0. The van der Waals surface area contributed by atoms with Crippen molar-refractivity contribution in [3.05, 3.63) is 6.79 Å². The third kappa shape index (κ3) is 7.92. The fourth-order valence-electron chi connectivity index (χ4n) is 0.728. The zero-order chi connectivity index (χ0) is 7.66. The predicted octanol–water partition coefficient (Wildman–Crippen LogP) is 2.35. The first-order chi connectivity index (χ1) is 4.91. The van der Waals surface area contributed by atoms with Gasteiger partial charge >= 0.3 is 0 Å². The molecule has 0 saturated carbocycles. The molecule has 0 heterocycles. The van der Waals surface area contributed by atoms with Gasteiger partial charge in [0, 0.05) is 13.7 Å². The lowest BCUT2D eigenvalue weighted by Gasteiger charge is -1.99. The summed E-state index contributed by atoms with van der Waals surface area (Å²) in [6.07, 6.45) is 4.96. The Morgan fingerprint density at radius 3 is 2.60 bits per heavy atom. The first-order valence-electron chi connectivity index (χ1n) is 3.88. The molecule has 0 spiro atoms. The highest BCUT2D eigenvalue weighted by atomic mass is 16.7. The summed E-state index contributed by atoms with van der Waals surface area (Å²) in [5.74, 6) is 0. The quantitative estimate of drug-likeness (QED) is 0.512. The molecule has 0 amide bonds. The third-order valence-electron chi connectivity index (χ3n) is 1.28. The van der Waals surface area contributed by atoms with Crippen LogP contribution >= 0.6 is 0 Å². The van der Waals surface area contributed by atoms with Crippen molar-refractivity contribution in [2.75, 3.05) is 13.7 Å². The minimum atomic E-state index is 0.786. The van der Waals surface area contributed by atoms with Gasteiger partial charge in [-0.3, -0.25) is 0 Å². The number of ether oxygens (including phenoxy) is 2. The molecule has 0 saturated heterocycles. The average molecular weight is 145 g/mol. The van der Waals surface area contributed by atoms with Gasteiger partial charge in [0.1, 0.15) is 0 Å². The van der Waals surface area contributed by atoms with E-state index in [0.29, 0.717) is 0 Å². The summed E-state index contributed by atoms with van der Waals surface area (Å²) in [5.41, 5.74) is 0. The second kappa shape index (κ2) is 8.92. The molecule has 10 heavy (non-hydrogen) atoms. The highest BCUT2D eigenvalue weighted by molar-refractivity contribution is 4.39. The van der Waals surface area contributed by atoms with E-state index in [1.54, 1.807) is 7.11 Å².